The number of ketones is 1. The largest absolute Gasteiger partial charge is 0.375 e. The highest BCUT2D eigenvalue weighted by Crippen LogP contribution is 2.45. The van der Waals surface area contributed by atoms with E-state index < -0.39 is 23.7 Å². The second-order valence-corrected chi connectivity index (χ2v) is 7.39. The molecule has 0 aliphatic carbocycles. The number of fused-ring (bicyclic) bond motifs is 1. The van der Waals surface area contributed by atoms with Gasteiger partial charge >= 0.3 is 0 Å². The van der Waals surface area contributed by atoms with Crippen LogP contribution in [0.1, 0.15) is 21.7 Å². The van der Waals surface area contributed by atoms with Gasteiger partial charge in [0.1, 0.15) is 0 Å². The normalized spacial score (nSPS) is 19.9. The number of Topliss-reactive ketones (excluding diaryl/α,β-unsaturated/α-hetero) is 1. The Balaban J connectivity index is 2.00. The Morgan fingerprint density at radius 1 is 1.27 bits per heavy atom. The lowest BCUT2D eigenvalue weighted by Gasteiger charge is -2.20. The average Bonchev–Trinajstić information content (AvgIpc) is 2.93. The van der Waals surface area contributed by atoms with E-state index in [1.165, 1.54) is 12.1 Å². The maximum absolute atomic E-state index is 12.3. The highest BCUT2D eigenvalue weighted by molar-refractivity contribution is 7.18. The molecule has 8 heteroatoms. The van der Waals surface area contributed by atoms with Crippen molar-refractivity contribution in [1.82, 2.24) is 0 Å². The Kier molecular flexibility index (Phi) is 3.95. The molecule has 22 heavy (non-hydrogen) atoms. The van der Waals surface area contributed by atoms with Gasteiger partial charge in [0.15, 0.2) is 11.4 Å². The summed E-state index contributed by atoms with van der Waals surface area (Å²) in [6.45, 7) is 0. The van der Waals surface area contributed by atoms with Gasteiger partial charge in [0.25, 0.3) is 5.91 Å². The van der Waals surface area contributed by atoms with Crippen molar-refractivity contribution in [2.75, 3.05) is 5.32 Å². The van der Waals surface area contributed by atoms with Gasteiger partial charge in [-0.15, -0.1) is 11.3 Å². The summed E-state index contributed by atoms with van der Waals surface area (Å²) in [6.07, 6.45) is -0.427. The molecule has 4 nitrogen and oxygen atoms in total. The number of hydrogen-bond acceptors (Lipinski definition) is 4. The number of hydrogen-bond donors (Lipinski definition) is 2. The number of halogens is 3. The van der Waals surface area contributed by atoms with E-state index in [4.69, 9.17) is 34.8 Å². The van der Waals surface area contributed by atoms with Crippen LogP contribution in [0.4, 0.5) is 5.69 Å². The van der Waals surface area contributed by atoms with E-state index in [9.17, 15) is 14.7 Å². The van der Waals surface area contributed by atoms with Gasteiger partial charge in [0, 0.05) is 10.6 Å². The molecule has 0 bridgehead atoms. The Labute approximate surface area is 144 Å². The summed E-state index contributed by atoms with van der Waals surface area (Å²) in [5.74, 6) is -1.10. The number of aliphatic hydroxyl groups is 1. The molecular weight excluding hydrogens is 369 g/mol. The third-order valence-corrected chi connectivity index (χ3v) is 5.15. The third-order valence-electron chi connectivity index (χ3n) is 3.36. The zero-order valence-corrected chi connectivity index (χ0v) is 13.9. The van der Waals surface area contributed by atoms with Gasteiger partial charge in [-0.1, -0.05) is 34.8 Å². The fourth-order valence-corrected chi connectivity index (χ4v) is 4.01. The first-order valence-corrected chi connectivity index (χ1v) is 8.08. The minimum atomic E-state index is -2.02. The first kappa shape index (κ1) is 15.8. The molecule has 0 radical (unpaired) electrons. The van der Waals surface area contributed by atoms with Crippen LogP contribution < -0.4 is 5.32 Å². The molecule has 114 valence electrons. The predicted molar refractivity (Wildman–Crippen MR) is 87.3 cm³/mol. The summed E-state index contributed by atoms with van der Waals surface area (Å²) in [5.41, 5.74) is -1.55. The van der Waals surface area contributed by atoms with Crippen LogP contribution in [0.2, 0.25) is 14.4 Å². The molecule has 1 aromatic carbocycles. The van der Waals surface area contributed by atoms with E-state index in [1.54, 1.807) is 12.1 Å². The standard InChI is InChI=1S/C14H8Cl3NO3S/c15-6-3-7(16)12-8(4-6)18-13(20)14(12,21)5-9(19)10-1-2-11(17)22-10/h1-4,21H,5H2,(H,18,20)/t14-/m0/s1. The van der Waals surface area contributed by atoms with Crippen LogP contribution in [0.15, 0.2) is 24.3 Å². The van der Waals surface area contributed by atoms with Crippen LogP contribution in [0, 0.1) is 0 Å². The van der Waals surface area contributed by atoms with E-state index in [1.807, 2.05) is 0 Å². The summed E-state index contributed by atoms with van der Waals surface area (Å²) in [7, 11) is 0. The fourth-order valence-electron chi connectivity index (χ4n) is 2.38. The minimum Gasteiger partial charge on any atom is -0.375 e. The van der Waals surface area contributed by atoms with E-state index in [0.717, 1.165) is 11.3 Å². The summed E-state index contributed by atoms with van der Waals surface area (Å²) in [5, 5.41) is 13.7. The first-order chi connectivity index (χ1) is 10.3. The molecule has 0 fully saturated rings. The number of carbonyl (C=O) groups excluding carboxylic acids is 2. The number of benzene rings is 1. The number of thiophene rings is 1. The van der Waals surface area contributed by atoms with Crippen molar-refractivity contribution < 1.29 is 14.7 Å². The van der Waals surface area contributed by atoms with Gasteiger partial charge in [-0.3, -0.25) is 9.59 Å². The molecule has 0 spiro atoms. The van der Waals surface area contributed by atoms with Gasteiger partial charge in [-0.05, 0) is 24.3 Å². The van der Waals surface area contributed by atoms with E-state index >= 15 is 0 Å². The second kappa shape index (κ2) is 5.51. The lowest BCUT2D eigenvalue weighted by molar-refractivity contribution is -0.133. The van der Waals surface area contributed by atoms with Crippen LogP contribution in [0.3, 0.4) is 0 Å². The van der Waals surface area contributed by atoms with Gasteiger partial charge in [-0.25, -0.2) is 0 Å². The molecule has 2 aromatic rings. The second-order valence-electron chi connectivity index (χ2n) is 4.83. The molecular formula is C14H8Cl3NO3S. The van der Waals surface area contributed by atoms with E-state index in [-0.39, 0.29) is 10.6 Å². The molecule has 0 unspecified atom stereocenters. The number of carbonyl (C=O) groups is 2. The maximum Gasteiger partial charge on any atom is 0.261 e. The molecule has 1 aliphatic heterocycles. The van der Waals surface area contributed by atoms with Crippen LogP contribution in [0.5, 0.6) is 0 Å². The number of rotatable bonds is 3. The first-order valence-electron chi connectivity index (χ1n) is 6.13. The minimum absolute atomic E-state index is 0.125. The van der Waals surface area contributed by atoms with Gasteiger partial charge in [0.05, 0.1) is 26.3 Å². The molecule has 1 aliphatic rings. The van der Waals surface area contributed by atoms with Crippen molar-refractivity contribution in [3.8, 4) is 0 Å². The van der Waals surface area contributed by atoms with Crippen LogP contribution in [0.25, 0.3) is 0 Å². The zero-order valence-electron chi connectivity index (χ0n) is 10.8. The molecule has 1 atom stereocenters. The Morgan fingerprint density at radius 3 is 2.64 bits per heavy atom. The topological polar surface area (TPSA) is 66.4 Å². The van der Waals surface area contributed by atoms with Crippen molar-refractivity contribution >= 4 is 63.5 Å². The maximum atomic E-state index is 12.3. The van der Waals surface area contributed by atoms with E-state index in [0.29, 0.717) is 19.9 Å². The highest BCUT2D eigenvalue weighted by Gasteiger charge is 2.48. The smallest absolute Gasteiger partial charge is 0.261 e. The number of nitrogens with one attached hydrogen (secondary N) is 1. The summed E-state index contributed by atoms with van der Waals surface area (Å²) < 4.78 is 0.455. The van der Waals surface area contributed by atoms with Gasteiger partial charge in [-0.2, -0.15) is 0 Å². The van der Waals surface area contributed by atoms with Crippen molar-refractivity contribution in [1.29, 1.82) is 0 Å². The average molecular weight is 377 g/mol. The quantitative estimate of drug-likeness (QED) is 0.792. The van der Waals surface area contributed by atoms with Gasteiger partial charge in [0.2, 0.25) is 0 Å². The zero-order chi connectivity index (χ0) is 16.1. The Hall–Kier alpha value is -1.11. The lowest BCUT2D eigenvalue weighted by atomic mass is 9.89. The number of anilines is 1. The monoisotopic (exact) mass is 375 g/mol. The molecule has 3 rings (SSSR count). The summed E-state index contributed by atoms with van der Waals surface area (Å²) >= 11 is 18.9. The van der Waals surface area contributed by atoms with Crippen molar-refractivity contribution in [3.63, 3.8) is 0 Å². The van der Waals surface area contributed by atoms with Gasteiger partial charge < -0.3 is 10.4 Å². The summed E-state index contributed by atoms with van der Waals surface area (Å²) in [6, 6.07) is 6.03. The van der Waals surface area contributed by atoms with Crippen LogP contribution in [-0.4, -0.2) is 16.8 Å². The Bertz CT molecular complexity index is 805. The highest BCUT2D eigenvalue weighted by atomic mass is 35.5. The molecule has 0 saturated heterocycles. The lowest BCUT2D eigenvalue weighted by Crippen LogP contribution is -2.36. The molecule has 2 heterocycles. The molecule has 2 N–H and O–H groups in total. The molecule has 0 saturated carbocycles. The third kappa shape index (κ3) is 2.53. The summed E-state index contributed by atoms with van der Waals surface area (Å²) in [4.78, 5) is 24.8. The molecule has 1 amide bonds. The Morgan fingerprint density at radius 2 is 2.00 bits per heavy atom. The molecule has 1 aromatic heterocycles. The number of amides is 1. The van der Waals surface area contributed by atoms with Crippen molar-refractivity contribution in [3.05, 3.63) is 49.1 Å². The fraction of sp³-hybridized carbons (Fsp3) is 0.143. The van der Waals surface area contributed by atoms with Crippen molar-refractivity contribution in [2.45, 2.75) is 12.0 Å². The van der Waals surface area contributed by atoms with Crippen LogP contribution in [-0.2, 0) is 10.4 Å². The predicted octanol–water partition coefficient (Wildman–Crippen LogP) is 4.12. The SMILES string of the molecule is O=C(C[C@@]1(O)C(=O)Nc2cc(Cl)cc(Cl)c21)c1ccc(Cl)s1. The van der Waals surface area contributed by atoms with Crippen LogP contribution >= 0.6 is 46.1 Å². The van der Waals surface area contributed by atoms with E-state index in [2.05, 4.69) is 5.32 Å². The van der Waals surface area contributed by atoms with Crippen molar-refractivity contribution in [2.24, 2.45) is 0 Å².